The molecule has 0 atom stereocenters. The minimum absolute atomic E-state index is 0.0259. The minimum Gasteiger partial charge on any atom is -0.340 e. The van der Waals surface area contributed by atoms with Crippen LogP contribution in [0.25, 0.3) is 0 Å². The molecular weight excluding hydrogens is 202 g/mol. The molecule has 1 amide bonds. The SMILES string of the molecule is CCCCN(C)C(=O)c1cc(C)nc(C)n1. The number of nitrogens with zero attached hydrogens (tertiary/aromatic N) is 3. The van der Waals surface area contributed by atoms with E-state index in [1.165, 1.54) is 0 Å². The molecule has 0 saturated carbocycles. The van der Waals surface area contributed by atoms with Gasteiger partial charge in [-0.3, -0.25) is 4.79 Å². The first-order valence-corrected chi connectivity index (χ1v) is 5.62. The third kappa shape index (κ3) is 3.29. The van der Waals surface area contributed by atoms with Gasteiger partial charge in [0.05, 0.1) is 0 Å². The molecule has 0 bridgehead atoms. The molecule has 1 aromatic rings. The molecule has 0 aromatic carbocycles. The van der Waals surface area contributed by atoms with Crippen molar-refractivity contribution < 1.29 is 4.79 Å². The summed E-state index contributed by atoms with van der Waals surface area (Å²) in [6.45, 7) is 6.56. The fraction of sp³-hybridized carbons (Fsp3) is 0.583. The highest BCUT2D eigenvalue weighted by Gasteiger charge is 2.13. The van der Waals surface area contributed by atoms with Crippen LogP contribution in [0, 0.1) is 13.8 Å². The van der Waals surface area contributed by atoms with Gasteiger partial charge in [-0.15, -0.1) is 0 Å². The Morgan fingerprint density at radius 3 is 2.62 bits per heavy atom. The van der Waals surface area contributed by atoms with Crippen molar-refractivity contribution >= 4 is 5.91 Å². The van der Waals surface area contributed by atoms with Gasteiger partial charge < -0.3 is 4.90 Å². The maximum absolute atomic E-state index is 12.0. The van der Waals surface area contributed by atoms with Crippen molar-refractivity contribution in [2.24, 2.45) is 0 Å². The smallest absolute Gasteiger partial charge is 0.272 e. The molecule has 1 rings (SSSR count). The highest BCUT2D eigenvalue weighted by atomic mass is 16.2. The summed E-state index contributed by atoms with van der Waals surface area (Å²) in [5, 5.41) is 0. The van der Waals surface area contributed by atoms with Crippen LogP contribution in [0.1, 0.15) is 41.8 Å². The minimum atomic E-state index is -0.0259. The summed E-state index contributed by atoms with van der Waals surface area (Å²) in [6, 6.07) is 1.73. The van der Waals surface area contributed by atoms with E-state index in [0.717, 1.165) is 25.1 Å². The van der Waals surface area contributed by atoms with Crippen molar-refractivity contribution in [1.29, 1.82) is 0 Å². The van der Waals surface area contributed by atoms with E-state index in [0.29, 0.717) is 11.5 Å². The van der Waals surface area contributed by atoms with Crippen LogP contribution >= 0.6 is 0 Å². The first kappa shape index (κ1) is 12.6. The summed E-state index contributed by atoms with van der Waals surface area (Å²) in [4.78, 5) is 22.0. The number of aryl methyl sites for hydroxylation is 2. The number of aromatic nitrogens is 2. The molecule has 0 unspecified atom stereocenters. The second-order valence-corrected chi connectivity index (χ2v) is 4.02. The van der Waals surface area contributed by atoms with Gasteiger partial charge in [0.2, 0.25) is 0 Å². The topological polar surface area (TPSA) is 46.1 Å². The van der Waals surface area contributed by atoms with E-state index >= 15 is 0 Å². The van der Waals surface area contributed by atoms with Crippen LogP contribution in [0.3, 0.4) is 0 Å². The Balaban J connectivity index is 2.79. The molecule has 16 heavy (non-hydrogen) atoms. The van der Waals surface area contributed by atoms with Gasteiger partial charge in [0.25, 0.3) is 5.91 Å². The lowest BCUT2D eigenvalue weighted by Crippen LogP contribution is -2.28. The molecule has 88 valence electrons. The number of unbranched alkanes of at least 4 members (excludes halogenated alkanes) is 1. The molecule has 1 heterocycles. The summed E-state index contributed by atoms with van der Waals surface area (Å²) in [5.41, 5.74) is 1.32. The van der Waals surface area contributed by atoms with Crippen molar-refractivity contribution in [3.05, 3.63) is 23.3 Å². The molecule has 0 fully saturated rings. The predicted molar refractivity (Wildman–Crippen MR) is 63.4 cm³/mol. The Labute approximate surface area is 96.7 Å². The van der Waals surface area contributed by atoms with Gasteiger partial charge in [-0.2, -0.15) is 0 Å². The molecule has 0 radical (unpaired) electrons. The van der Waals surface area contributed by atoms with Crippen LogP contribution in [0.4, 0.5) is 0 Å². The Hall–Kier alpha value is -1.45. The molecule has 0 N–H and O–H groups in total. The summed E-state index contributed by atoms with van der Waals surface area (Å²) in [7, 11) is 1.81. The normalized spacial score (nSPS) is 10.2. The highest BCUT2D eigenvalue weighted by Crippen LogP contribution is 2.04. The molecule has 0 saturated heterocycles. The van der Waals surface area contributed by atoms with Crippen molar-refractivity contribution in [2.75, 3.05) is 13.6 Å². The fourth-order valence-corrected chi connectivity index (χ4v) is 1.52. The zero-order valence-corrected chi connectivity index (χ0v) is 10.4. The van der Waals surface area contributed by atoms with E-state index in [1.807, 2.05) is 14.0 Å². The lowest BCUT2D eigenvalue weighted by atomic mass is 10.2. The third-order valence-corrected chi connectivity index (χ3v) is 2.38. The van der Waals surface area contributed by atoms with Crippen LogP contribution < -0.4 is 0 Å². The standard InChI is InChI=1S/C12H19N3O/c1-5-6-7-15(4)12(16)11-8-9(2)13-10(3)14-11/h8H,5-7H2,1-4H3. The van der Waals surface area contributed by atoms with Gasteiger partial charge in [-0.05, 0) is 26.3 Å². The monoisotopic (exact) mass is 221 g/mol. The average molecular weight is 221 g/mol. The van der Waals surface area contributed by atoms with Gasteiger partial charge >= 0.3 is 0 Å². The number of rotatable bonds is 4. The quantitative estimate of drug-likeness (QED) is 0.780. The molecule has 4 nitrogen and oxygen atoms in total. The van der Waals surface area contributed by atoms with E-state index in [1.54, 1.807) is 17.9 Å². The van der Waals surface area contributed by atoms with Crippen molar-refractivity contribution in [3.63, 3.8) is 0 Å². The van der Waals surface area contributed by atoms with E-state index in [9.17, 15) is 4.79 Å². The molecule has 0 spiro atoms. The summed E-state index contributed by atoms with van der Waals surface area (Å²) in [6.07, 6.45) is 2.10. The lowest BCUT2D eigenvalue weighted by Gasteiger charge is -2.16. The first-order valence-electron chi connectivity index (χ1n) is 5.62. The van der Waals surface area contributed by atoms with Crippen LogP contribution in [-0.4, -0.2) is 34.4 Å². The molecule has 0 aliphatic rings. The zero-order valence-electron chi connectivity index (χ0n) is 10.4. The van der Waals surface area contributed by atoms with Crippen LogP contribution in [0.15, 0.2) is 6.07 Å². The van der Waals surface area contributed by atoms with E-state index < -0.39 is 0 Å². The maximum Gasteiger partial charge on any atom is 0.272 e. The molecule has 4 heteroatoms. The van der Waals surface area contributed by atoms with Gasteiger partial charge in [0.15, 0.2) is 0 Å². The van der Waals surface area contributed by atoms with E-state index in [4.69, 9.17) is 0 Å². The van der Waals surface area contributed by atoms with Crippen LogP contribution in [0.2, 0.25) is 0 Å². The average Bonchev–Trinajstić information content (AvgIpc) is 2.23. The van der Waals surface area contributed by atoms with E-state index in [-0.39, 0.29) is 5.91 Å². The molecule has 0 aliphatic heterocycles. The van der Waals surface area contributed by atoms with Crippen LogP contribution in [-0.2, 0) is 0 Å². The molecule has 0 aliphatic carbocycles. The fourth-order valence-electron chi connectivity index (χ4n) is 1.52. The number of hydrogen-bond acceptors (Lipinski definition) is 3. The predicted octanol–water partition coefficient (Wildman–Crippen LogP) is 1.97. The van der Waals surface area contributed by atoms with Crippen molar-refractivity contribution in [3.8, 4) is 0 Å². The van der Waals surface area contributed by atoms with Gasteiger partial charge in [0, 0.05) is 19.3 Å². The Bertz CT molecular complexity index is 356. The largest absolute Gasteiger partial charge is 0.340 e. The van der Waals surface area contributed by atoms with Gasteiger partial charge in [-0.1, -0.05) is 13.3 Å². The zero-order chi connectivity index (χ0) is 12.1. The van der Waals surface area contributed by atoms with E-state index in [2.05, 4.69) is 16.9 Å². The van der Waals surface area contributed by atoms with Gasteiger partial charge in [0.1, 0.15) is 11.5 Å². The lowest BCUT2D eigenvalue weighted by molar-refractivity contribution is 0.0787. The second kappa shape index (κ2) is 5.58. The van der Waals surface area contributed by atoms with Crippen molar-refractivity contribution in [1.82, 2.24) is 14.9 Å². The number of carbonyl (C=O) groups is 1. The molecular formula is C12H19N3O. The Kier molecular flexibility index (Phi) is 4.40. The summed E-state index contributed by atoms with van der Waals surface area (Å²) >= 11 is 0. The Morgan fingerprint density at radius 1 is 1.38 bits per heavy atom. The number of amides is 1. The van der Waals surface area contributed by atoms with Crippen LogP contribution in [0.5, 0.6) is 0 Å². The third-order valence-electron chi connectivity index (χ3n) is 2.38. The Morgan fingerprint density at radius 2 is 2.06 bits per heavy atom. The first-order chi connectivity index (χ1) is 7.54. The summed E-state index contributed by atoms with van der Waals surface area (Å²) < 4.78 is 0. The summed E-state index contributed by atoms with van der Waals surface area (Å²) in [5.74, 6) is 0.620. The number of hydrogen-bond donors (Lipinski definition) is 0. The number of carbonyl (C=O) groups excluding carboxylic acids is 1. The molecule has 1 aromatic heterocycles. The maximum atomic E-state index is 12.0. The van der Waals surface area contributed by atoms with Gasteiger partial charge in [-0.25, -0.2) is 9.97 Å². The highest BCUT2D eigenvalue weighted by molar-refractivity contribution is 5.92. The van der Waals surface area contributed by atoms with Crippen molar-refractivity contribution in [2.45, 2.75) is 33.6 Å². The second-order valence-electron chi connectivity index (χ2n) is 4.02.